The lowest BCUT2D eigenvalue weighted by molar-refractivity contribution is 0.626. The van der Waals surface area contributed by atoms with E-state index in [1.54, 1.807) is 12.1 Å². The molecule has 3 heteroatoms. The maximum Gasteiger partial charge on any atom is 0.142 e. The Balaban J connectivity index is 2.51. The van der Waals surface area contributed by atoms with Crippen molar-refractivity contribution in [2.45, 2.75) is 19.2 Å². The molecule has 0 aliphatic heterocycles. The molecule has 18 heavy (non-hydrogen) atoms. The third-order valence-electron chi connectivity index (χ3n) is 2.96. The highest BCUT2D eigenvalue weighted by molar-refractivity contribution is 6.33. The van der Waals surface area contributed by atoms with E-state index in [1.807, 2.05) is 32.0 Å². The number of hydrogen-bond donors (Lipinski definition) is 0. The minimum Gasteiger partial charge on any atom is -0.205 e. The Morgan fingerprint density at radius 2 is 1.78 bits per heavy atom. The minimum absolute atomic E-state index is 0.0957. The number of hydrogen-bond acceptors (Lipinski definition) is 0. The highest BCUT2D eigenvalue weighted by Gasteiger charge is 2.18. The van der Waals surface area contributed by atoms with E-state index in [2.05, 4.69) is 0 Å². The first-order valence-corrected chi connectivity index (χ1v) is 6.47. The number of alkyl halides is 1. The predicted molar refractivity (Wildman–Crippen MR) is 75.0 cm³/mol. The van der Waals surface area contributed by atoms with Crippen LogP contribution in [0.25, 0.3) is 0 Å². The van der Waals surface area contributed by atoms with Crippen LogP contribution in [-0.2, 0) is 0 Å². The first kappa shape index (κ1) is 13.4. The van der Waals surface area contributed by atoms with Gasteiger partial charge in [0, 0.05) is 0 Å². The molecule has 0 nitrogen and oxygen atoms in total. The summed E-state index contributed by atoms with van der Waals surface area (Å²) in [6.07, 6.45) is 0. The monoisotopic (exact) mass is 282 g/mol. The normalized spacial score (nSPS) is 12.5. The molecule has 0 heterocycles. The average Bonchev–Trinajstić information content (AvgIpc) is 2.35. The van der Waals surface area contributed by atoms with Gasteiger partial charge in [0.1, 0.15) is 5.82 Å². The number of aryl methyl sites for hydroxylation is 2. The van der Waals surface area contributed by atoms with Crippen LogP contribution in [0.4, 0.5) is 4.39 Å². The third kappa shape index (κ3) is 2.52. The van der Waals surface area contributed by atoms with Gasteiger partial charge in [-0.25, -0.2) is 4.39 Å². The van der Waals surface area contributed by atoms with Crippen molar-refractivity contribution in [2.75, 3.05) is 0 Å². The van der Waals surface area contributed by atoms with E-state index in [0.29, 0.717) is 5.56 Å². The van der Waals surface area contributed by atoms with Crippen molar-refractivity contribution < 1.29 is 4.39 Å². The highest BCUT2D eigenvalue weighted by Crippen LogP contribution is 2.36. The van der Waals surface area contributed by atoms with E-state index in [1.165, 1.54) is 6.07 Å². The Hall–Kier alpha value is -1.05. The maximum atomic E-state index is 13.4. The van der Waals surface area contributed by atoms with E-state index >= 15 is 0 Å². The fourth-order valence-corrected chi connectivity index (χ4v) is 2.62. The van der Waals surface area contributed by atoms with Gasteiger partial charge in [-0.3, -0.25) is 0 Å². The van der Waals surface area contributed by atoms with Gasteiger partial charge < -0.3 is 0 Å². The largest absolute Gasteiger partial charge is 0.205 e. The van der Waals surface area contributed by atoms with Gasteiger partial charge in [0.25, 0.3) is 0 Å². The second kappa shape index (κ2) is 5.29. The van der Waals surface area contributed by atoms with Crippen LogP contribution >= 0.6 is 23.2 Å². The molecule has 2 aromatic rings. The van der Waals surface area contributed by atoms with E-state index in [4.69, 9.17) is 23.2 Å². The molecular formula is C15H13Cl2F. The molecule has 94 valence electrons. The number of benzene rings is 2. The van der Waals surface area contributed by atoms with Crippen molar-refractivity contribution in [1.82, 2.24) is 0 Å². The summed E-state index contributed by atoms with van der Waals surface area (Å²) in [6.45, 7) is 3.98. The van der Waals surface area contributed by atoms with E-state index in [-0.39, 0.29) is 5.02 Å². The number of halogens is 3. The van der Waals surface area contributed by atoms with Crippen LogP contribution in [0.15, 0.2) is 36.4 Å². The van der Waals surface area contributed by atoms with Crippen molar-refractivity contribution >= 4 is 23.2 Å². The summed E-state index contributed by atoms with van der Waals surface area (Å²) in [6, 6.07) is 10.7. The zero-order valence-corrected chi connectivity index (χ0v) is 11.7. The lowest BCUT2D eigenvalue weighted by atomic mass is 9.98. The summed E-state index contributed by atoms with van der Waals surface area (Å²) in [4.78, 5) is 0. The van der Waals surface area contributed by atoms with Crippen molar-refractivity contribution in [1.29, 1.82) is 0 Å². The van der Waals surface area contributed by atoms with Gasteiger partial charge in [0.15, 0.2) is 0 Å². The Labute approximate surface area is 116 Å². The molecule has 2 rings (SSSR count). The fourth-order valence-electron chi connectivity index (χ4n) is 1.92. The zero-order chi connectivity index (χ0) is 13.3. The molecule has 0 N–H and O–H groups in total. The quantitative estimate of drug-likeness (QED) is 0.645. The van der Waals surface area contributed by atoms with Crippen LogP contribution in [0, 0.1) is 19.7 Å². The first-order valence-electron chi connectivity index (χ1n) is 5.66. The Kier molecular flexibility index (Phi) is 3.94. The van der Waals surface area contributed by atoms with Crippen LogP contribution in [0.3, 0.4) is 0 Å². The lowest BCUT2D eigenvalue weighted by Crippen LogP contribution is -1.99. The van der Waals surface area contributed by atoms with Crippen molar-refractivity contribution in [3.63, 3.8) is 0 Å². The van der Waals surface area contributed by atoms with E-state index < -0.39 is 11.2 Å². The molecule has 0 radical (unpaired) electrons. The van der Waals surface area contributed by atoms with Gasteiger partial charge in [0.05, 0.1) is 10.4 Å². The van der Waals surface area contributed by atoms with Gasteiger partial charge in [-0.05, 0) is 36.6 Å². The maximum absolute atomic E-state index is 13.4. The van der Waals surface area contributed by atoms with Crippen molar-refractivity contribution in [3.8, 4) is 0 Å². The summed E-state index contributed by atoms with van der Waals surface area (Å²) in [7, 11) is 0. The molecule has 0 amide bonds. The molecule has 0 bridgehead atoms. The second-order valence-electron chi connectivity index (χ2n) is 4.37. The summed E-state index contributed by atoms with van der Waals surface area (Å²) in [5.41, 5.74) is 3.76. The molecule has 0 saturated carbocycles. The molecule has 0 spiro atoms. The van der Waals surface area contributed by atoms with Crippen LogP contribution in [-0.4, -0.2) is 0 Å². The van der Waals surface area contributed by atoms with Gasteiger partial charge in [0.2, 0.25) is 0 Å². The summed E-state index contributed by atoms with van der Waals surface area (Å²) < 4.78 is 13.4. The first-order chi connectivity index (χ1) is 8.50. The number of rotatable bonds is 2. The van der Waals surface area contributed by atoms with Crippen molar-refractivity contribution in [3.05, 3.63) is 69.5 Å². The lowest BCUT2D eigenvalue weighted by Gasteiger charge is -2.15. The fraction of sp³-hybridized carbons (Fsp3) is 0.200. The van der Waals surface area contributed by atoms with Gasteiger partial charge >= 0.3 is 0 Å². The summed E-state index contributed by atoms with van der Waals surface area (Å²) in [5, 5.41) is -0.341. The highest BCUT2D eigenvalue weighted by atomic mass is 35.5. The van der Waals surface area contributed by atoms with Crippen LogP contribution in [0.2, 0.25) is 5.02 Å². The third-order valence-corrected chi connectivity index (χ3v) is 3.83. The van der Waals surface area contributed by atoms with Gasteiger partial charge in [-0.1, -0.05) is 47.5 Å². The molecule has 1 atom stereocenters. The molecule has 2 aromatic carbocycles. The van der Waals surface area contributed by atoms with E-state index in [9.17, 15) is 4.39 Å². The molecular weight excluding hydrogens is 270 g/mol. The predicted octanol–water partition coefficient (Wildman–Crippen LogP) is 5.42. The van der Waals surface area contributed by atoms with Gasteiger partial charge in [-0.15, -0.1) is 11.6 Å². The smallest absolute Gasteiger partial charge is 0.142 e. The SMILES string of the molecule is Cc1ccc(C)c(C(Cl)c2cccc(F)c2Cl)c1. The Morgan fingerprint density at radius 3 is 2.50 bits per heavy atom. The molecule has 0 fully saturated rings. The molecule has 0 saturated heterocycles. The van der Waals surface area contributed by atoms with Crippen LogP contribution in [0.1, 0.15) is 27.6 Å². The second-order valence-corrected chi connectivity index (χ2v) is 5.18. The minimum atomic E-state index is -0.440. The summed E-state index contributed by atoms with van der Waals surface area (Å²) in [5.74, 6) is -0.440. The van der Waals surface area contributed by atoms with Crippen LogP contribution < -0.4 is 0 Å². The Bertz CT molecular complexity index is 577. The molecule has 0 aliphatic rings. The van der Waals surface area contributed by atoms with Crippen molar-refractivity contribution in [2.24, 2.45) is 0 Å². The topological polar surface area (TPSA) is 0 Å². The standard InChI is InChI=1S/C15H13Cl2F/c1-9-6-7-10(2)12(8-9)14(16)11-4-3-5-13(18)15(11)17/h3-8,14H,1-2H3. The Morgan fingerprint density at radius 1 is 1.06 bits per heavy atom. The van der Waals surface area contributed by atoms with E-state index in [0.717, 1.165) is 16.7 Å². The average molecular weight is 283 g/mol. The van der Waals surface area contributed by atoms with Gasteiger partial charge in [-0.2, -0.15) is 0 Å². The molecule has 1 unspecified atom stereocenters. The molecule has 0 aliphatic carbocycles. The zero-order valence-electron chi connectivity index (χ0n) is 10.2. The summed E-state index contributed by atoms with van der Waals surface area (Å²) >= 11 is 12.4. The van der Waals surface area contributed by atoms with Crippen LogP contribution in [0.5, 0.6) is 0 Å². The molecule has 0 aromatic heterocycles.